The Labute approximate surface area is 406 Å². The first-order chi connectivity index (χ1) is 33.7. The van der Waals surface area contributed by atoms with Crippen LogP contribution in [-0.4, -0.2) is 96.9 Å². The Kier molecular flexibility index (Phi) is 16.5. The van der Waals surface area contributed by atoms with Gasteiger partial charge in [-0.3, -0.25) is 8.74 Å². The van der Waals surface area contributed by atoms with Crippen molar-refractivity contribution in [2.75, 3.05) is 26.9 Å². The van der Waals surface area contributed by atoms with Crippen LogP contribution in [0.1, 0.15) is 57.3 Å². The molecule has 18 nitrogen and oxygen atoms in total. The molecule has 0 spiro atoms. The Balaban J connectivity index is 0.000000156. The first kappa shape index (κ1) is 52.2. The molecule has 0 saturated carbocycles. The fourth-order valence-electron chi connectivity index (χ4n) is 7.09. The van der Waals surface area contributed by atoms with E-state index in [2.05, 4.69) is 4.74 Å². The van der Waals surface area contributed by atoms with Gasteiger partial charge in [0.2, 0.25) is 0 Å². The standard InChI is InChI=1S/C15H18O5S.C13H10O4.C12H10O3.C11H8O6S/c1-2-3-4-7-20-21(18,19)13-6-5-11-9-14(16)15(17)10-12(11)8-13;14-13(15)9-2-1-8-6-11-12(7-10(8)5-9)17-4-3-16-11;1-15-12(14)10-3-2-9-7-11(13)5-4-8(9)6-10;12-9-4-2-6-5-7(11(13)14)1-3-8(6)10(9)18(15,16)17/h5-6,8-10,16-17H,2-4,7H2,1H3;1-2,5-7H,3-4H2,(H,14,15);2-7,13H,1H3;1-5,12H,(H,13,14)(H,15,16,17). The Morgan fingerprint density at radius 2 is 1.04 bits per heavy atom. The van der Waals surface area contributed by atoms with Gasteiger partial charge in [0.05, 0.1) is 35.3 Å². The van der Waals surface area contributed by atoms with Crippen LogP contribution >= 0.6 is 0 Å². The fraction of sp³-hybridized carbons (Fsp3) is 0.157. The number of rotatable bonds is 10. The van der Waals surface area contributed by atoms with E-state index in [4.69, 9.17) is 28.4 Å². The second kappa shape index (κ2) is 22.5. The molecule has 0 aromatic heterocycles. The number of methoxy groups -OCH3 is 1. The van der Waals surface area contributed by atoms with Crippen LogP contribution in [-0.2, 0) is 29.2 Å². The molecule has 8 aromatic rings. The number of carbonyl (C=O) groups is 3. The third-order valence-corrected chi connectivity index (χ3v) is 12.9. The van der Waals surface area contributed by atoms with Crippen LogP contribution in [0.5, 0.6) is 34.5 Å². The topological polar surface area (TPSA) is 298 Å². The number of phenolic OH excluding ortho intramolecular Hbond substituents is 4. The van der Waals surface area contributed by atoms with Crippen LogP contribution in [0.3, 0.4) is 0 Å². The molecule has 71 heavy (non-hydrogen) atoms. The Morgan fingerprint density at radius 3 is 1.66 bits per heavy atom. The first-order valence-electron chi connectivity index (χ1n) is 21.4. The molecule has 370 valence electrons. The summed E-state index contributed by atoms with van der Waals surface area (Å²) in [5.41, 5.74) is 0.763. The van der Waals surface area contributed by atoms with E-state index >= 15 is 0 Å². The van der Waals surface area contributed by atoms with Crippen LogP contribution in [0.4, 0.5) is 0 Å². The Hall–Kier alpha value is -8.17. The van der Waals surface area contributed by atoms with Gasteiger partial charge in [0.15, 0.2) is 23.0 Å². The van der Waals surface area contributed by atoms with E-state index in [0.717, 1.165) is 40.5 Å². The zero-order valence-electron chi connectivity index (χ0n) is 37.8. The predicted molar refractivity (Wildman–Crippen MR) is 261 cm³/mol. The molecule has 1 aliphatic rings. The molecular weight excluding hydrogens is 965 g/mol. The van der Waals surface area contributed by atoms with Crippen LogP contribution < -0.4 is 9.47 Å². The number of carbonyl (C=O) groups excluding carboxylic acids is 1. The summed E-state index contributed by atoms with van der Waals surface area (Å²) in [4.78, 5) is 32.3. The normalized spacial score (nSPS) is 11.9. The zero-order chi connectivity index (χ0) is 51.6. The van der Waals surface area contributed by atoms with Crippen LogP contribution in [0.2, 0.25) is 0 Å². The molecule has 7 N–H and O–H groups in total. The summed E-state index contributed by atoms with van der Waals surface area (Å²) >= 11 is 0. The van der Waals surface area contributed by atoms with Gasteiger partial charge in [-0.2, -0.15) is 16.8 Å². The summed E-state index contributed by atoms with van der Waals surface area (Å²) in [6.07, 6.45) is 2.60. The average Bonchev–Trinajstić information content (AvgIpc) is 3.34. The van der Waals surface area contributed by atoms with Crippen LogP contribution in [0, 0.1) is 0 Å². The molecule has 0 atom stereocenters. The molecule has 0 radical (unpaired) electrons. The highest BCUT2D eigenvalue weighted by Gasteiger charge is 2.21. The van der Waals surface area contributed by atoms with E-state index in [9.17, 15) is 51.6 Å². The van der Waals surface area contributed by atoms with Crippen molar-refractivity contribution in [2.24, 2.45) is 0 Å². The number of ether oxygens (including phenoxy) is 3. The molecule has 1 aliphatic heterocycles. The van der Waals surface area contributed by atoms with Crippen molar-refractivity contribution in [3.63, 3.8) is 0 Å². The lowest BCUT2D eigenvalue weighted by Crippen LogP contribution is -2.15. The van der Waals surface area contributed by atoms with Crippen LogP contribution in [0.15, 0.2) is 137 Å². The lowest BCUT2D eigenvalue weighted by Gasteiger charge is -2.18. The van der Waals surface area contributed by atoms with E-state index in [-0.39, 0.29) is 51.2 Å². The van der Waals surface area contributed by atoms with Gasteiger partial charge in [0, 0.05) is 5.39 Å². The lowest BCUT2D eigenvalue weighted by atomic mass is 10.1. The molecule has 0 aliphatic carbocycles. The number of aromatic hydroxyl groups is 4. The largest absolute Gasteiger partial charge is 0.508 e. The summed E-state index contributed by atoms with van der Waals surface area (Å²) in [6.45, 7) is 3.26. The van der Waals surface area contributed by atoms with Crippen molar-refractivity contribution in [2.45, 2.75) is 36.0 Å². The number of phenols is 4. The maximum atomic E-state index is 12.1. The number of carboxylic acids is 2. The second-order valence-corrected chi connectivity index (χ2v) is 18.5. The highest BCUT2D eigenvalue weighted by atomic mass is 32.2. The molecule has 20 heteroatoms. The molecule has 0 saturated heterocycles. The molecule has 0 bridgehead atoms. The van der Waals surface area contributed by atoms with Crippen LogP contribution in [0.25, 0.3) is 43.1 Å². The predicted octanol–water partition coefficient (Wildman–Crippen LogP) is 9.28. The summed E-state index contributed by atoms with van der Waals surface area (Å²) in [7, 11) is -7.04. The van der Waals surface area contributed by atoms with E-state index in [1.54, 1.807) is 60.7 Å². The molecule has 0 unspecified atom stereocenters. The van der Waals surface area contributed by atoms with E-state index in [0.29, 0.717) is 52.9 Å². The quantitative estimate of drug-likeness (QED) is 0.0221. The minimum Gasteiger partial charge on any atom is -0.508 e. The van der Waals surface area contributed by atoms with Gasteiger partial charge >= 0.3 is 17.9 Å². The highest BCUT2D eigenvalue weighted by Crippen LogP contribution is 2.36. The minimum atomic E-state index is -4.59. The summed E-state index contributed by atoms with van der Waals surface area (Å²) in [5, 5.41) is 60.4. The Bertz CT molecular complexity index is 3540. The van der Waals surface area contributed by atoms with Crippen molar-refractivity contribution in [1.29, 1.82) is 0 Å². The minimum absolute atomic E-state index is 0.0190. The smallest absolute Gasteiger partial charge is 0.337 e. The third-order valence-electron chi connectivity index (χ3n) is 10.6. The monoisotopic (exact) mass is 1010 g/mol. The molecule has 9 rings (SSSR count). The van der Waals surface area contributed by atoms with Gasteiger partial charge in [0.25, 0.3) is 20.2 Å². The van der Waals surface area contributed by atoms with Crippen molar-refractivity contribution in [3.8, 4) is 34.5 Å². The maximum absolute atomic E-state index is 12.1. The van der Waals surface area contributed by atoms with Gasteiger partial charge in [-0.25, -0.2) is 14.4 Å². The molecule has 0 fully saturated rings. The van der Waals surface area contributed by atoms with Gasteiger partial charge < -0.3 is 44.8 Å². The average molecular weight is 1010 g/mol. The summed E-state index contributed by atoms with van der Waals surface area (Å²) in [5.74, 6) is -1.96. The summed E-state index contributed by atoms with van der Waals surface area (Å²) in [6, 6.07) is 32.1. The maximum Gasteiger partial charge on any atom is 0.337 e. The number of fused-ring (bicyclic) bond motifs is 5. The number of hydrogen-bond donors (Lipinski definition) is 7. The Morgan fingerprint density at radius 1 is 0.549 bits per heavy atom. The summed E-state index contributed by atoms with van der Waals surface area (Å²) < 4.78 is 76.0. The second-order valence-electron chi connectivity index (χ2n) is 15.6. The number of hydrogen-bond acceptors (Lipinski definition) is 15. The molecule has 0 amide bonds. The lowest BCUT2D eigenvalue weighted by molar-refractivity contribution is 0.0599. The molecule has 1 heterocycles. The van der Waals surface area contributed by atoms with Crippen molar-refractivity contribution >= 4 is 81.2 Å². The zero-order valence-corrected chi connectivity index (χ0v) is 39.4. The van der Waals surface area contributed by atoms with Gasteiger partial charge in [0.1, 0.15) is 29.6 Å². The number of esters is 1. The van der Waals surface area contributed by atoms with Crippen molar-refractivity contribution in [1.82, 2.24) is 0 Å². The third kappa shape index (κ3) is 13.1. The first-order valence-corrected chi connectivity index (χ1v) is 24.2. The van der Waals surface area contributed by atoms with Gasteiger partial charge in [-0.1, -0.05) is 56.2 Å². The van der Waals surface area contributed by atoms with Crippen molar-refractivity contribution in [3.05, 3.63) is 144 Å². The number of unbranched alkanes of at least 4 members (excludes halogenated alkanes) is 2. The molecule has 8 aromatic carbocycles. The number of benzene rings is 8. The number of carboxylic acid groups (broad SMARTS) is 2. The fourth-order valence-corrected chi connectivity index (χ4v) is 8.86. The number of aromatic carboxylic acids is 2. The van der Waals surface area contributed by atoms with Gasteiger partial charge in [-0.15, -0.1) is 0 Å². The van der Waals surface area contributed by atoms with E-state index in [1.807, 2.05) is 19.1 Å². The van der Waals surface area contributed by atoms with Gasteiger partial charge in [-0.05, 0) is 135 Å². The van der Waals surface area contributed by atoms with Crippen molar-refractivity contribution < 1.29 is 84.8 Å². The van der Waals surface area contributed by atoms with E-state index in [1.165, 1.54) is 55.6 Å². The molecular formula is C51H46O18S2. The van der Waals surface area contributed by atoms with E-state index < -0.39 is 42.8 Å². The SMILES string of the molecule is CCCCCOS(=O)(=O)c1ccc2cc(O)c(O)cc2c1.COC(=O)c1ccc2cc(O)ccc2c1.O=C(O)c1ccc2c(S(=O)(=O)O)c(O)ccc2c1.O=C(O)c1ccc2cc3c(cc2c1)OCCO3. The highest BCUT2D eigenvalue weighted by molar-refractivity contribution is 7.86.